The molecule has 1 aliphatic rings. The summed E-state index contributed by atoms with van der Waals surface area (Å²) in [6.45, 7) is 5.47. The maximum absolute atomic E-state index is 5.96. The highest BCUT2D eigenvalue weighted by molar-refractivity contribution is 5.06. The second-order valence-corrected chi connectivity index (χ2v) is 6.73. The summed E-state index contributed by atoms with van der Waals surface area (Å²) < 4.78 is 2.21. The van der Waals surface area contributed by atoms with Crippen LogP contribution >= 0.6 is 0 Å². The molecule has 5 nitrogen and oxygen atoms in total. The van der Waals surface area contributed by atoms with Crippen molar-refractivity contribution < 1.29 is 0 Å². The smallest absolute Gasteiger partial charge is 0.110 e. The van der Waals surface area contributed by atoms with E-state index in [0.29, 0.717) is 0 Å². The van der Waals surface area contributed by atoms with Gasteiger partial charge in [-0.3, -0.25) is 11.3 Å². The number of hydrogen-bond donors (Lipinski definition) is 2. The highest BCUT2D eigenvalue weighted by Gasteiger charge is 2.43. The van der Waals surface area contributed by atoms with Gasteiger partial charge in [-0.25, -0.2) is 4.98 Å². The molecule has 0 spiro atoms. The van der Waals surface area contributed by atoms with Crippen LogP contribution in [-0.2, 0) is 13.0 Å². The summed E-state index contributed by atoms with van der Waals surface area (Å²) in [4.78, 5) is 6.90. The van der Waals surface area contributed by atoms with Crippen molar-refractivity contribution >= 4 is 0 Å². The van der Waals surface area contributed by atoms with Gasteiger partial charge in [0.15, 0.2) is 0 Å². The summed E-state index contributed by atoms with van der Waals surface area (Å²) in [5, 5.41) is 0. The summed E-state index contributed by atoms with van der Waals surface area (Å²) in [7, 11) is 4.37. The molecule has 2 rings (SSSR count). The monoisotopic (exact) mass is 293 g/mol. The zero-order valence-electron chi connectivity index (χ0n) is 14.0. The third-order valence-electron chi connectivity index (χ3n) is 5.41. The van der Waals surface area contributed by atoms with Crippen LogP contribution in [0, 0.1) is 5.92 Å². The van der Waals surface area contributed by atoms with Gasteiger partial charge in [-0.15, -0.1) is 0 Å². The normalized spacial score (nSPS) is 28.0. The first-order valence-electron chi connectivity index (χ1n) is 8.17. The number of aryl methyl sites for hydroxylation is 1. The van der Waals surface area contributed by atoms with E-state index in [2.05, 4.69) is 47.8 Å². The number of imidazole rings is 1. The third-order valence-corrected chi connectivity index (χ3v) is 5.41. The second-order valence-electron chi connectivity index (χ2n) is 6.73. The van der Waals surface area contributed by atoms with Gasteiger partial charge in [-0.1, -0.05) is 6.92 Å². The molecule has 1 aromatic rings. The molecule has 1 aromatic heterocycles. The van der Waals surface area contributed by atoms with E-state index in [1.165, 1.54) is 25.7 Å². The van der Waals surface area contributed by atoms with Crippen LogP contribution in [0.2, 0.25) is 0 Å². The molecule has 5 heteroatoms. The minimum absolute atomic E-state index is 0.131. The maximum atomic E-state index is 5.96. The number of aromatic nitrogens is 2. The second kappa shape index (κ2) is 6.90. The van der Waals surface area contributed by atoms with Gasteiger partial charge in [-0.05, 0) is 52.6 Å². The van der Waals surface area contributed by atoms with Gasteiger partial charge in [0.2, 0.25) is 0 Å². The summed E-state index contributed by atoms with van der Waals surface area (Å²) in [5.74, 6) is 7.91. The van der Waals surface area contributed by atoms with Crippen molar-refractivity contribution in [3.63, 3.8) is 0 Å². The molecule has 0 bridgehead atoms. The molecule has 1 aliphatic carbocycles. The van der Waals surface area contributed by atoms with E-state index in [9.17, 15) is 0 Å². The van der Waals surface area contributed by atoms with Crippen LogP contribution in [0.1, 0.15) is 45.4 Å². The maximum Gasteiger partial charge on any atom is 0.110 e. The molecule has 0 saturated heterocycles. The highest BCUT2D eigenvalue weighted by Crippen LogP contribution is 2.38. The Kier molecular flexibility index (Phi) is 5.41. The van der Waals surface area contributed by atoms with Gasteiger partial charge >= 0.3 is 0 Å². The molecular weight excluding hydrogens is 262 g/mol. The van der Waals surface area contributed by atoms with Crippen LogP contribution in [0.3, 0.4) is 0 Å². The first-order valence-corrected chi connectivity index (χ1v) is 8.17. The van der Waals surface area contributed by atoms with Crippen molar-refractivity contribution in [2.75, 3.05) is 14.1 Å². The summed E-state index contributed by atoms with van der Waals surface area (Å²) >= 11 is 0. The number of rotatable bonds is 6. The number of likely N-dealkylation sites (N-methyl/N-ethyl adjacent to an activating group) is 1. The molecule has 3 N–H and O–H groups in total. The molecule has 1 atom stereocenters. The number of nitrogens with one attached hydrogen (secondary N) is 1. The minimum Gasteiger partial charge on any atom is -0.335 e. The minimum atomic E-state index is 0.131. The van der Waals surface area contributed by atoms with Gasteiger partial charge in [-0.2, -0.15) is 0 Å². The molecule has 120 valence electrons. The number of hydrogen-bond acceptors (Lipinski definition) is 4. The number of nitrogens with two attached hydrogens (primary N) is 1. The quantitative estimate of drug-likeness (QED) is 0.620. The molecule has 1 heterocycles. The predicted octanol–water partition coefficient (Wildman–Crippen LogP) is 1.79. The molecule has 0 radical (unpaired) electrons. The van der Waals surface area contributed by atoms with Crippen LogP contribution in [0.15, 0.2) is 12.4 Å². The Morgan fingerprint density at radius 1 is 1.48 bits per heavy atom. The Hall–Kier alpha value is -0.910. The van der Waals surface area contributed by atoms with Crippen LogP contribution in [-0.4, -0.2) is 40.1 Å². The number of nitrogens with zero attached hydrogens (tertiary/aromatic N) is 3. The van der Waals surface area contributed by atoms with Crippen molar-refractivity contribution in [3.05, 3.63) is 18.2 Å². The van der Waals surface area contributed by atoms with E-state index in [1.807, 2.05) is 12.4 Å². The Labute approximate surface area is 128 Å². The Balaban J connectivity index is 2.20. The molecular formula is C16H31N5. The van der Waals surface area contributed by atoms with Crippen molar-refractivity contribution in [1.29, 1.82) is 0 Å². The van der Waals surface area contributed by atoms with Crippen LogP contribution in [0.5, 0.6) is 0 Å². The lowest BCUT2D eigenvalue weighted by Gasteiger charge is -2.49. The van der Waals surface area contributed by atoms with E-state index in [0.717, 1.165) is 24.7 Å². The molecule has 1 fully saturated rings. The third kappa shape index (κ3) is 3.30. The van der Waals surface area contributed by atoms with E-state index in [1.54, 1.807) is 0 Å². The molecule has 1 unspecified atom stereocenters. The average Bonchev–Trinajstić information content (AvgIpc) is 2.93. The Morgan fingerprint density at radius 3 is 2.67 bits per heavy atom. The van der Waals surface area contributed by atoms with E-state index < -0.39 is 0 Å². The number of hydrazine groups is 1. The van der Waals surface area contributed by atoms with Crippen LogP contribution in [0.4, 0.5) is 0 Å². The summed E-state index contributed by atoms with van der Waals surface area (Å²) in [6, 6.07) is 0.229. The standard InChI is InChI=1S/C16H31N5/c1-5-21-11-10-18-15(21)12-14(19-17)16(20(3)4)8-6-13(2)7-9-16/h10-11,13-14,19H,5-9,12,17H2,1-4H3. The van der Waals surface area contributed by atoms with Gasteiger partial charge in [0.05, 0.1) is 0 Å². The lowest BCUT2D eigenvalue weighted by molar-refractivity contribution is 0.0425. The largest absolute Gasteiger partial charge is 0.335 e. The molecule has 1 saturated carbocycles. The lowest BCUT2D eigenvalue weighted by Crippen LogP contribution is -2.63. The summed E-state index contributed by atoms with van der Waals surface area (Å²) in [6.07, 6.45) is 9.76. The van der Waals surface area contributed by atoms with Gasteiger partial charge in [0.25, 0.3) is 0 Å². The average molecular weight is 293 g/mol. The fourth-order valence-electron chi connectivity index (χ4n) is 3.77. The zero-order chi connectivity index (χ0) is 15.5. The SMILES string of the molecule is CCn1ccnc1CC(NN)C1(N(C)C)CCC(C)CC1. The van der Waals surface area contributed by atoms with E-state index in [4.69, 9.17) is 5.84 Å². The predicted molar refractivity (Wildman–Crippen MR) is 86.8 cm³/mol. The first-order chi connectivity index (χ1) is 10.0. The van der Waals surface area contributed by atoms with Crippen molar-refractivity contribution in [3.8, 4) is 0 Å². The van der Waals surface area contributed by atoms with Crippen LogP contribution in [0.25, 0.3) is 0 Å². The van der Waals surface area contributed by atoms with Crippen LogP contribution < -0.4 is 11.3 Å². The Morgan fingerprint density at radius 2 is 2.14 bits per heavy atom. The molecule has 0 aliphatic heterocycles. The van der Waals surface area contributed by atoms with Crippen molar-refractivity contribution in [1.82, 2.24) is 19.9 Å². The molecule has 21 heavy (non-hydrogen) atoms. The van der Waals surface area contributed by atoms with Gasteiger partial charge < -0.3 is 9.47 Å². The molecule has 0 amide bonds. The van der Waals surface area contributed by atoms with Gasteiger partial charge in [0, 0.05) is 36.9 Å². The zero-order valence-corrected chi connectivity index (χ0v) is 14.0. The van der Waals surface area contributed by atoms with Crippen molar-refractivity contribution in [2.45, 2.75) is 64.1 Å². The van der Waals surface area contributed by atoms with Gasteiger partial charge in [0.1, 0.15) is 5.82 Å². The summed E-state index contributed by atoms with van der Waals surface area (Å²) in [5.41, 5.74) is 3.23. The Bertz CT molecular complexity index is 432. The molecule has 0 aromatic carbocycles. The van der Waals surface area contributed by atoms with E-state index >= 15 is 0 Å². The fourth-order valence-corrected chi connectivity index (χ4v) is 3.77. The highest BCUT2D eigenvalue weighted by atomic mass is 15.3. The van der Waals surface area contributed by atoms with Crippen molar-refractivity contribution in [2.24, 2.45) is 11.8 Å². The lowest BCUT2D eigenvalue weighted by atomic mass is 9.71. The first kappa shape index (κ1) is 16.5. The fraction of sp³-hybridized carbons (Fsp3) is 0.812. The topological polar surface area (TPSA) is 59.1 Å². The van der Waals surface area contributed by atoms with E-state index in [-0.39, 0.29) is 11.6 Å².